The van der Waals surface area contributed by atoms with Crippen molar-refractivity contribution in [3.8, 4) is 5.75 Å². The van der Waals surface area contributed by atoms with E-state index in [4.69, 9.17) is 9.47 Å². The molecule has 2 rings (SSSR count). The van der Waals surface area contributed by atoms with Crippen LogP contribution in [0.2, 0.25) is 0 Å². The highest BCUT2D eigenvalue weighted by Gasteiger charge is 2.18. The van der Waals surface area contributed by atoms with Gasteiger partial charge < -0.3 is 14.8 Å². The largest absolute Gasteiger partial charge is 0.494 e. The van der Waals surface area contributed by atoms with Gasteiger partial charge >= 0.3 is 0 Å². The molecule has 0 amide bonds. The van der Waals surface area contributed by atoms with E-state index in [0.717, 1.165) is 18.8 Å². The number of ether oxygens (including phenoxy) is 2. The Labute approximate surface area is 107 Å². The zero-order chi connectivity index (χ0) is 12.8. The number of morpholine rings is 1. The summed E-state index contributed by atoms with van der Waals surface area (Å²) >= 11 is 0. The number of carbonyl (C=O) groups excluding carboxylic acids is 1. The molecule has 0 bridgehead atoms. The van der Waals surface area contributed by atoms with Crippen molar-refractivity contribution in [3.05, 3.63) is 29.8 Å². The van der Waals surface area contributed by atoms with Gasteiger partial charge in [0.2, 0.25) is 0 Å². The third-order valence-electron chi connectivity index (χ3n) is 2.90. The fourth-order valence-electron chi connectivity index (χ4n) is 1.98. The summed E-state index contributed by atoms with van der Waals surface area (Å²) < 4.78 is 10.9. The highest BCUT2D eigenvalue weighted by Crippen LogP contribution is 2.15. The molecule has 98 valence electrons. The van der Waals surface area contributed by atoms with Crippen molar-refractivity contribution >= 4 is 5.78 Å². The predicted molar refractivity (Wildman–Crippen MR) is 69.2 cm³/mol. The third kappa shape index (κ3) is 3.55. The van der Waals surface area contributed by atoms with Gasteiger partial charge in [-0.3, -0.25) is 4.79 Å². The quantitative estimate of drug-likeness (QED) is 0.806. The Bertz CT molecular complexity index is 383. The van der Waals surface area contributed by atoms with E-state index in [2.05, 4.69) is 5.32 Å². The third-order valence-corrected chi connectivity index (χ3v) is 2.90. The number of rotatable bonds is 5. The monoisotopic (exact) mass is 249 g/mol. The molecule has 0 saturated carbocycles. The van der Waals surface area contributed by atoms with Crippen LogP contribution in [0.4, 0.5) is 0 Å². The minimum absolute atomic E-state index is 0.00202. The molecule has 18 heavy (non-hydrogen) atoms. The van der Waals surface area contributed by atoms with Crippen LogP contribution >= 0.6 is 0 Å². The van der Waals surface area contributed by atoms with Crippen LogP contribution in [0.15, 0.2) is 24.3 Å². The summed E-state index contributed by atoms with van der Waals surface area (Å²) in [5.74, 6) is 0.913. The number of ketones is 1. The van der Waals surface area contributed by atoms with Crippen LogP contribution in [-0.2, 0) is 4.74 Å². The minimum Gasteiger partial charge on any atom is -0.494 e. The maximum Gasteiger partial charge on any atom is 0.165 e. The zero-order valence-corrected chi connectivity index (χ0v) is 10.6. The second-order valence-electron chi connectivity index (χ2n) is 4.28. The summed E-state index contributed by atoms with van der Waals surface area (Å²) in [5.41, 5.74) is 0.715. The average Bonchev–Trinajstić information content (AvgIpc) is 2.41. The average molecular weight is 249 g/mol. The van der Waals surface area contributed by atoms with Crippen molar-refractivity contribution in [2.24, 2.45) is 0 Å². The van der Waals surface area contributed by atoms with E-state index in [1.165, 1.54) is 0 Å². The van der Waals surface area contributed by atoms with Crippen molar-refractivity contribution in [1.29, 1.82) is 0 Å². The lowest BCUT2D eigenvalue weighted by Gasteiger charge is -2.22. The number of carbonyl (C=O) groups is 1. The first kappa shape index (κ1) is 13.1. The normalized spacial score (nSPS) is 19.5. The lowest BCUT2D eigenvalue weighted by molar-refractivity contribution is 0.0240. The summed E-state index contributed by atoms with van der Waals surface area (Å²) in [4.78, 5) is 12.0. The number of benzene rings is 1. The Hall–Kier alpha value is -1.39. The number of hydrogen-bond acceptors (Lipinski definition) is 4. The lowest BCUT2D eigenvalue weighted by Crippen LogP contribution is -2.39. The molecule has 1 atom stereocenters. The molecule has 1 saturated heterocycles. The maximum absolute atomic E-state index is 12.0. The van der Waals surface area contributed by atoms with Gasteiger partial charge in [-0.1, -0.05) is 0 Å². The first-order valence-electron chi connectivity index (χ1n) is 6.38. The molecule has 1 unspecified atom stereocenters. The molecule has 0 spiro atoms. The van der Waals surface area contributed by atoms with Crippen LogP contribution in [0.3, 0.4) is 0 Å². The first-order valence-corrected chi connectivity index (χ1v) is 6.38. The molecular weight excluding hydrogens is 230 g/mol. The number of hydrogen-bond donors (Lipinski definition) is 1. The van der Waals surface area contributed by atoms with Crippen LogP contribution in [0.25, 0.3) is 0 Å². The Kier molecular flexibility index (Phi) is 4.73. The number of nitrogens with one attached hydrogen (secondary N) is 1. The van der Waals surface area contributed by atoms with Crippen molar-refractivity contribution in [3.63, 3.8) is 0 Å². The van der Waals surface area contributed by atoms with Crippen LogP contribution in [0, 0.1) is 0 Å². The van der Waals surface area contributed by atoms with Crippen molar-refractivity contribution in [2.45, 2.75) is 19.4 Å². The molecule has 1 aromatic rings. The van der Waals surface area contributed by atoms with E-state index in [-0.39, 0.29) is 11.9 Å². The van der Waals surface area contributed by atoms with E-state index in [1.807, 2.05) is 31.2 Å². The highest BCUT2D eigenvalue weighted by molar-refractivity contribution is 5.96. The zero-order valence-electron chi connectivity index (χ0n) is 10.6. The maximum atomic E-state index is 12.0. The molecule has 1 heterocycles. The predicted octanol–water partition coefficient (Wildman–Crippen LogP) is 1.65. The van der Waals surface area contributed by atoms with Crippen molar-refractivity contribution in [2.75, 3.05) is 26.3 Å². The van der Waals surface area contributed by atoms with Gasteiger partial charge in [0.15, 0.2) is 5.78 Å². The van der Waals surface area contributed by atoms with Gasteiger partial charge in [0.1, 0.15) is 5.75 Å². The molecular formula is C14H19NO3. The Morgan fingerprint density at radius 1 is 1.44 bits per heavy atom. The first-order chi connectivity index (χ1) is 8.79. The molecule has 0 aliphatic carbocycles. The summed E-state index contributed by atoms with van der Waals surface area (Å²) in [5, 5.41) is 3.22. The van der Waals surface area contributed by atoms with E-state index >= 15 is 0 Å². The summed E-state index contributed by atoms with van der Waals surface area (Å²) in [6.07, 6.45) is 0.430. The molecule has 1 aromatic carbocycles. The second-order valence-corrected chi connectivity index (χ2v) is 4.28. The smallest absolute Gasteiger partial charge is 0.165 e. The molecule has 0 radical (unpaired) electrons. The molecule has 1 N–H and O–H groups in total. The van der Waals surface area contributed by atoms with Gasteiger partial charge in [-0.05, 0) is 31.2 Å². The minimum atomic E-state index is -0.00202. The Morgan fingerprint density at radius 2 is 2.22 bits per heavy atom. The van der Waals surface area contributed by atoms with Gasteiger partial charge in [0.25, 0.3) is 0 Å². The van der Waals surface area contributed by atoms with Crippen LogP contribution in [0.5, 0.6) is 5.75 Å². The SMILES string of the molecule is CCOc1ccc(C(=O)CC2CNCCO2)cc1. The lowest BCUT2D eigenvalue weighted by atomic mass is 10.0. The molecule has 1 fully saturated rings. The van der Waals surface area contributed by atoms with Gasteiger partial charge in [-0.25, -0.2) is 0 Å². The molecule has 0 aromatic heterocycles. The molecule has 4 heteroatoms. The van der Waals surface area contributed by atoms with E-state index < -0.39 is 0 Å². The van der Waals surface area contributed by atoms with Gasteiger partial charge in [0.05, 0.1) is 19.3 Å². The standard InChI is InChI=1S/C14H19NO3/c1-2-17-12-5-3-11(4-6-12)14(16)9-13-10-15-7-8-18-13/h3-6,13,15H,2,7-10H2,1H3. The van der Waals surface area contributed by atoms with Crippen LogP contribution < -0.4 is 10.1 Å². The van der Waals surface area contributed by atoms with Gasteiger partial charge in [0, 0.05) is 25.1 Å². The van der Waals surface area contributed by atoms with Crippen LogP contribution in [0.1, 0.15) is 23.7 Å². The van der Waals surface area contributed by atoms with Gasteiger partial charge in [-0.2, -0.15) is 0 Å². The fraction of sp³-hybridized carbons (Fsp3) is 0.500. The van der Waals surface area contributed by atoms with Crippen LogP contribution in [-0.4, -0.2) is 38.2 Å². The summed E-state index contributed by atoms with van der Waals surface area (Å²) in [7, 11) is 0. The summed E-state index contributed by atoms with van der Waals surface area (Å²) in [6.45, 7) is 4.87. The van der Waals surface area contributed by atoms with Crippen molar-refractivity contribution in [1.82, 2.24) is 5.32 Å². The highest BCUT2D eigenvalue weighted by atomic mass is 16.5. The van der Waals surface area contributed by atoms with E-state index in [0.29, 0.717) is 25.2 Å². The fourth-order valence-corrected chi connectivity index (χ4v) is 1.98. The molecule has 1 aliphatic heterocycles. The summed E-state index contributed by atoms with van der Waals surface area (Å²) in [6, 6.07) is 7.28. The van der Waals surface area contributed by atoms with E-state index in [1.54, 1.807) is 0 Å². The molecule has 4 nitrogen and oxygen atoms in total. The Morgan fingerprint density at radius 3 is 2.83 bits per heavy atom. The topological polar surface area (TPSA) is 47.6 Å². The Balaban J connectivity index is 1.91. The second kappa shape index (κ2) is 6.52. The van der Waals surface area contributed by atoms with Crippen molar-refractivity contribution < 1.29 is 14.3 Å². The van der Waals surface area contributed by atoms with E-state index in [9.17, 15) is 4.79 Å². The number of Topliss-reactive ketones (excluding diaryl/α,β-unsaturated/α-hetero) is 1. The van der Waals surface area contributed by atoms with Gasteiger partial charge in [-0.15, -0.1) is 0 Å². The molecule has 1 aliphatic rings.